The molecule has 6 nitrogen and oxygen atoms in total. The number of nitrogens with two attached hydrogens (primary N) is 1. The maximum Gasteiger partial charge on any atom is 0.240 e. The van der Waals surface area contributed by atoms with E-state index in [1.54, 1.807) is 18.3 Å². The van der Waals surface area contributed by atoms with E-state index in [-0.39, 0.29) is 29.9 Å². The standard InChI is InChI=1S/C24H23F3N4O2/c1-2-14(22(32)15-3-5-17(25)6-4-15)10-12-33-23-19(26)8-7-18(21(23)27)16-9-11-31-20(13-16)29-24(28)30-31/h3-9,11,13-14,22,32H,2,10,12H2,1H3,(H2,28,30). The lowest BCUT2D eigenvalue weighted by molar-refractivity contribution is 0.0888. The number of hydrogen-bond acceptors (Lipinski definition) is 5. The average molecular weight is 456 g/mol. The summed E-state index contributed by atoms with van der Waals surface area (Å²) in [6.07, 6.45) is 1.69. The Morgan fingerprint density at radius 3 is 2.58 bits per heavy atom. The lowest BCUT2D eigenvalue weighted by Gasteiger charge is -2.22. The molecule has 0 bridgehead atoms. The number of aliphatic hydroxyl groups is 1. The molecule has 3 N–H and O–H groups in total. The number of aliphatic hydroxyl groups excluding tert-OH is 1. The summed E-state index contributed by atoms with van der Waals surface area (Å²) in [6, 6.07) is 11.3. The number of hydrogen-bond donors (Lipinski definition) is 2. The van der Waals surface area contributed by atoms with Crippen LogP contribution in [0.25, 0.3) is 16.8 Å². The summed E-state index contributed by atoms with van der Waals surface area (Å²) in [5.74, 6) is -2.68. The van der Waals surface area contributed by atoms with Crippen LogP contribution in [-0.2, 0) is 0 Å². The molecule has 0 aliphatic heterocycles. The molecule has 0 spiro atoms. The first-order chi connectivity index (χ1) is 15.9. The molecule has 0 aliphatic rings. The quantitative estimate of drug-likeness (QED) is 0.393. The third-order valence-corrected chi connectivity index (χ3v) is 5.63. The van der Waals surface area contributed by atoms with Crippen LogP contribution in [0.15, 0.2) is 54.7 Å². The van der Waals surface area contributed by atoms with Crippen LogP contribution in [-0.4, -0.2) is 26.3 Å². The van der Waals surface area contributed by atoms with Crippen LogP contribution in [0, 0.1) is 23.4 Å². The fraction of sp³-hybridized carbons (Fsp3) is 0.250. The average Bonchev–Trinajstić information content (AvgIpc) is 3.18. The van der Waals surface area contributed by atoms with Crippen LogP contribution in [0.1, 0.15) is 31.4 Å². The summed E-state index contributed by atoms with van der Waals surface area (Å²) < 4.78 is 49.6. The summed E-state index contributed by atoms with van der Waals surface area (Å²) >= 11 is 0. The van der Waals surface area contributed by atoms with E-state index in [2.05, 4.69) is 10.1 Å². The van der Waals surface area contributed by atoms with Gasteiger partial charge in [-0.25, -0.2) is 17.7 Å². The fourth-order valence-electron chi connectivity index (χ4n) is 3.78. The molecule has 33 heavy (non-hydrogen) atoms. The van der Waals surface area contributed by atoms with Crippen molar-refractivity contribution in [1.29, 1.82) is 0 Å². The second-order valence-electron chi connectivity index (χ2n) is 7.73. The normalized spacial score (nSPS) is 13.2. The number of nitrogen functional groups attached to an aromatic ring is 1. The Bertz CT molecular complexity index is 1260. The van der Waals surface area contributed by atoms with E-state index in [0.29, 0.717) is 29.6 Å². The van der Waals surface area contributed by atoms with Crippen molar-refractivity contribution in [3.8, 4) is 16.9 Å². The Kier molecular flexibility index (Phi) is 6.50. The van der Waals surface area contributed by atoms with Gasteiger partial charge in [0.2, 0.25) is 5.95 Å². The van der Waals surface area contributed by atoms with E-state index in [9.17, 15) is 13.9 Å². The number of pyridine rings is 1. The lowest BCUT2D eigenvalue weighted by atomic mass is 9.91. The molecule has 2 heterocycles. The number of halogens is 3. The predicted octanol–water partition coefficient (Wildman–Crippen LogP) is 4.92. The van der Waals surface area contributed by atoms with E-state index < -0.39 is 23.5 Å². The van der Waals surface area contributed by atoms with Crippen LogP contribution in [0.5, 0.6) is 5.75 Å². The zero-order valence-electron chi connectivity index (χ0n) is 17.9. The minimum atomic E-state index is -0.845. The molecule has 0 saturated heterocycles. The molecular formula is C24H23F3N4O2. The summed E-state index contributed by atoms with van der Waals surface area (Å²) in [6.45, 7) is 1.89. The third-order valence-electron chi connectivity index (χ3n) is 5.63. The van der Waals surface area contributed by atoms with Gasteiger partial charge in [0.15, 0.2) is 23.0 Å². The van der Waals surface area contributed by atoms with Gasteiger partial charge in [-0.3, -0.25) is 0 Å². The Hall–Kier alpha value is -3.59. The van der Waals surface area contributed by atoms with Crippen molar-refractivity contribution in [2.45, 2.75) is 25.9 Å². The topological polar surface area (TPSA) is 85.7 Å². The van der Waals surface area contributed by atoms with Crippen molar-refractivity contribution in [3.63, 3.8) is 0 Å². The van der Waals surface area contributed by atoms with Crippen molar-refractivity contribution in [1.82, 2.24) is 14.6 Å². The smallest absolute Gasteiger partial charge is 0.240 e. The van der Waals surface area contributed by atoms with Gasteiger partial charge in [-0.05, 0) is 59.9 Å². The molecule has 172 valence electrons. The first-order valence-corrected chi connectivity index (χ1v) is 10.5. The van der Waals surface area contributed by atoms with Crippen molar-refractivity contribution >= 4 is 11.6 Å². The van der Waals surface area contributed by atoms with Crippen LogP contribution >= 0.6 is 0 Å². The highest BCUT2D eigenvalue weighted by atomic mass is 19.1. The van der Waals surface area contributed by atoms with Crippen LogP contribution in [0.2, 0.25) is 0 Å². The highest BCUT2D eigenvalue weighted by Gasteiger charge is 2.21. The predicted molar refractivity (Wildman–Crippen MR) is 118 cm³/mol. The van der Waals surface area contributed by atoms with Gasteiger partial charge in [0, 0.05) is 11.8 Å². The number of fused-ring (bicyclic) bond motifs is 1. The van der Waals surface area contributed by atoms with Crippen molar-refractivity contribution in [2.75, 3.05) is 12.3 Å². The molecular weight excluding hydrogens is 433 g/mol. The maximum atomic E-state index is 15.2. The zero-order chi connectivity index (χ0) is 23.5. The van der Waals surface area contributed by atoms with Crippen LogP contribution < -0.4 is 10.5 Å². The Balaban J connectivity index is 1.50. The lowest BCUT2D eigenvalue weighted by Crippen LogP contribution is -2.16. The van der Waals surface area contributed by atoms with Gasteiger partial charge < -0.3 is 15.6 Å². The van der Waals surface area contributed by atoms with Gasteiger partial charge >= 0.3 is 0 Å². The molecule has 0 amide bonds. The van der Waals surface area contributed by atoms with Gasteiger partial charge in [-0.1, -0.05) is 25.5 Å². The van der Waals surface area contributed by atoms with E-state index in [0.717, 1.165) is 6.07 Å². The Morgan fingerprint density at radius 2 is 1.85 bits per heavy atom. The third kappa shape index (κ3) is 4.78. The van der Waals surface area contributed by atoms with Crippen LogP contribution in [0.4, 0.5) is 19.1 Å². The van der Waals surface area contributed by atoms with E-state index in [1.165, 1.54) is 34.8 Å². The van der Waals surface area contributed by atoms with Crippen molar-refractivity contribution in [2.24, 2.45) is 5.92 Å². The van der Waals surface area contributed by atoms with Crippen molar-refractivity contribution in [3.05, 3.63) is 77.7 Å². The first kappa shape index (κ1) is 22.6. The van der Waals surface area contributed by atoms with Crippen LogP contribution in [0.3, 0.4) is 0 Å². The Morgan fingerprint density at radius 1 is 1.09 bits per heavy atom. The number of rotatable bonds is 8. The van der Waals surface area contributed by atoms with E-state index >= 15 is 4.39 Å². The molecule has 0 saturated carbocycles. The number of benzene rings is 2. The van der Waals surface area contributed by atoms with E-state index in [1.807, 2.05) is 6.92 Å². The Labute approximate surface area is 188 Å². The van der Waals surface area contributed by atoms with E-state index in [4.69, 9.17) is 10.5 Å². The largest absolute Gasteiger partial charge is 0.488 e. The van der Waals surface area contributed by atoms with Gasteiger partial charge in [0.05, 0.1) is 12.7 Å². The van der Waals surface area contributed by atoms with Gasteiger partial charge in [-0.2, -0.15) is 4.98 Å². The molecule has 2 unspecified atom stereocenters. The molecule has 9 heteroatoms. The van der Waals surface area contributed by atoms with Gasteiger partial charge in [-0.15, -0.1) is 5.10 Å². The molecule has 2 atom stereocenters. The molecule has 2 aromatic carbocycles. The summed E-state index contributed by atoms with van der Waals surface area (Å²) in [5, 5.41) is 14.6. The number of aromatic nitrogens is 3. The molecule has 0 radical (unpaired) electrons. The molecule has 2 aromatic heterocycles. The maximum absolute atomic E-state index is 15.2. The minimum Gasteiger partial charge on any atom is -0.488 e. The summed E-state index contributed by atoms with van der Waals surface area (Å²) in [5.41, 5.74) is 7.21. The highest BCUT2D eigenvalue weighted by molar-refractivity contribution is 5.69. The second-order valence-corrected chi connectivity index (χ2v) is 7.73. The monoisotopic (exact) mass is 456 g/mol. The second kappa shape index (κ2) is 9.50. The minimum absolute atomic E-state index is 0.00615. The fourth-order valence-corrected chi connectivity index (χ4v) is 3.78. The zero-order valence-corrected chi connectivity index (χ0v) is 17.9. The number of nitrogens with zero attached hydrogens (tertiary/aromatic N) is 3. The molecule has 4 aromatic rings. The molecule has 0 fully saturated rings. The molecule has 4 rings (SSSR count). The number of anilines is 1. The SMILES string of the molecule is CCC(CCOc1c(F)ccc(-c2ccn3nc(N)nc3c2)c1F)C(O)c1ccc(F)cc1. The highest BCUT2D eigenvalue weighted by Crippen LogP contribution is 2.33. The van der Waals surface area contributed by atoms with Crippen molar-refractivity contribution < 1.29 is 23.0 Å². The van der Waals surface area contributed by atoms with Gasteiger partial charge in [0.1, 0.15) is 5.82 Å². The number of ether oxygens (including phenoxy) is 1. The van der Waals surface area contributed by atoms with Gasteiger partial charge in [0.25, 0.3) is 0 Å². The first-order valence-electron chi connectivity index (χ1n) is 10.5. The summed E-state index contributed by atoms with van der Waals surface area (Å²) in [7, 11) is 0. The molecule has 0 aliphatic carbocycles. The summed E-state index contributed by atoms with van der Waals surface area (Å²) in [4.78, 5) is 4.05.